The predicted octanol–water partition coefficient (Wildman–Crippen LogP) is 11.0. The lowest BCUT2D eigenvalue weighted by molar-refractivity contribution is 0.311. The van der Waals surface area contributed by atoms with Crippen LogP contribution in [0.1, 0.15) is 18.7 Å². The molecule has 49 heavy (non-hydrogen) atoms. The van der Waals surface area contributed by atoms with E-state index in [0.29, 0.717) is 17.5 Å². The summed E-state index contributed by atoms with van der Waals surface area (Å²) in [4.78, 5) is 15.1. The van der Waals surface area contributed by atoms with Crippen LogP contribution in [0.25, 0.3) is 72.2 Å². The number of hydrogen-bond acceptors (Lipinski definition) is 5. The Morgan fingerprint density at radius 2 is 1.33 bits per heavy atom. The van der Waals surface area contributed by atoms with Crippen molar-refractivity contribution in [1.82, 2.24) is 15.0 Å². The highest BCUT2D eigenvalue weighted by molar-refractivity contribution is 6.19. The molecule has 1 atom stereocenters. The van der Waals surface area contributed by atoms with Crippen molar-refractivity contribution < 1.29 is 9.15 Å². The molecule has 3 aliphatic rings. The maximum absolute atomic E-state index is 6.66. The zero-order chi connectivity index (χ0) is 32.3. The number of ether oxygens (including phenoxy) is 1. The zero-order valence-electron chi connectivity index (χ0n) is 26.5. The molecule has 0 N–H and O–H groups in total. The van der Waals surface area contributed by atoms with Crippen molar-refractivity contribution in [2.45, 2.75) is 12.8 Å². The van der Waals surface area contributed by atoms with Gasteiger partial charge in [0.05, 0.1) is 0 Å². The molecule has 0 saturated carbocycles. The first-order chi connectivity index (χ1) is 24.2. The molecule has 0 fully saturated rings. The number of nitrogens with zero attached hydrogens (tertiary/aromatic N) is 3. The molecule has 2 aromatic heterocycles. The molecule has 1 unspecified atom stereocenters. The molecule has 5 nitrogen and oxygen atoms in total. The maximum atomic E-state index is 6.66. The first-order valence-electron chi connectivity index (χ1n) is 16.7. The van der Waals surface area contributed by atoms with Crippen molar-refractivity contribution in [2.75, 3.05) is 0 Å². The minimum absolute atomic E-state index is 0.247. The monoisotopic (exact) mass is 631 g/mol. The summed E-state index contributed by atoms with van der Waals surface area (Å²) >= 11 is 0. The van der Waals surface area contributed by atoms with Crippen LogP contribution in [0.15, 0.2) is 167 Å². The Labute approximate surface area is 282 Å². The molecule has 7 aromatic rings. The number of rotatable bonds is 4. The quantitative estimate of drug-likeness (QED) is 0.193. The van der Waals surface area contributed by atoms with Gasteiger partial charge < -0.3 is 9.15 Å². The molecule has 5 aromatic carbocycles. The molecule has 0 amide bonds. The van der Waals surface area contributed by atoms with Gasteiger partial charge in [-0.2, -0.15) is 0 Å². The lowest BCUT2D eigenvalue weighted by atomic mass is 9.86. The summed E-state index contributed by atoms with van der Waals surface area (Å²) in [5.41, 5.74) is 8.19. The molecule has 232 valence electrons. The summed E-state index contributed by atoms with van der Waals surface area (Å²) in [5.74, 6) is 3.92. The van der Waals surface area contributed by atoms with Gasteiger partial charge in [-0.25, -0.2) is 15.0 Å². The summed E-state index contributed by atoms with van der Waals surface area (Å²) < 4.78 is 13.0. The summed E-state index contributed by atoms with van der Waals surface area (Å²) in [7, 11) is 0. The van der Waals surface area contributed by atoms with E-state index in [1.54, 1.807) is 0 Å². The van der Waals surface area contributed by atoms with Gasteiger partial charge in [0.2, 0.25) is 0 Å². The van der Waals surface area contributed by atoms with Gasteiger partial charge in [0.15, 0.2) is 17.5 Å². The van der Waals surface area contributed by atoms with Crippen LogP contribution < -0.4 is 0 Å². The lowest BCUT2D eigenvalue weighted by Gasteiger charge is -2.27. The third-order valence-corrected chi connectivity index (χ3v) is 9.73. The average Bonchev–Trinajstić information content (AvgIpc) is 3.43. The van der Waals surface area contributed by atoms with Gasteiger partial charge in [-0.1, -0.05) is 109 Å². The van der Waals surface area contributed by atoms with Crippen molar-refractivity contribution in [3.8, 4) is 33.9 Å². The predicted molar refractivity (Wildman–Crippen MR) is 196 cm³/mol. The van der Waals surface area contributed by atoms with E-state index in [-0.39, 0.29) is 5.92 Å². The van der Waals surface area contributed by atoms with Gasteiger partial charge in [-0.3, -0.25) is 0 Å². The third-order valence-electron chi connectivity index (χ3n) is 9.73. The molecular weight excluding hydrogens is 603 g/mol. The van der Waals surface area contributed by atoms with Crippen LogP contribution in [0.4, 0.5) is 0 Å². The first-order valence-corrected chi connectivity index (χ1v) is 16.7. The third kappa shape index (κ3) is 4.74. The molecule has 10 rings (SSSR count). The summed E-state index contributed by atoms with van der Waals surface area (Å²) in [6, 6.07) is 37.7. The van der Waals surface area contributed by atoms with Crippen molar-refractivity contribution in [3.05, 3.63) is 169 Å². The normalized spacial score (nSPS) is 16.8. The number of fused-ring (bicyclic) bond motifs is 7. The fourth-order valence-electron chi connectivity index (χ4n) is 7.31. The second-order valence-corrected chi connectivity index (χ2v) is 12.7. The second kappa shape index (κ2) is 11.1. The zero-order valence-corrected chi connectivity index (χ0v) is 26.5. The van der Waals surface area contributed by atoms with E-state index < -0.39 is 0 Å². The fourth-order valence-corrected chi connectivity index (χ4v) is 7.31. The highest BCUT2D eigenvalue weighted by Gasteiger charge is 2.27. The van der Waals surface area contributed by atoms with Gasteiger partial charge in [-0.05, 0) is 71.4 Å². The Bertz CT molecular complexity index is 2620. The molecule has 1 aliphatic heterocycles. The van der Waals surface area contributed by atoms with E-state index >= 15 is 0 Å². The summed E-state index contributed by atoms with van der Waals surface area (Å²) in [5, 5.41) is 4.40. The SMILES string of the molecule is C1=CC2=CC(C=C1)C1=C(C=C(c3nc(-c4ccccc4)nc(-c4ccc5c(c4)oc4c6ccccc6c(-c6ccccc6)cc54)n3)CC1)O2. The van der Waals surface area contributed by atoms with E-state index in [1.165, 1.54) is 22.1 Å². The summed E-state index contributed by atoms with van der Waals surface area (Å²) in [6.07, 6.45) is 14.4. The average molecular weight is 632 g/mol. The lowest BCUT2D eigenvalue weighted by Crippen LogP contribution is -2.14. The Kier molecular flexibility index (Phi) is 6.31. The van der Waals surface area contributed by atoms with Crippen LogP contribution in [0, 0.1) is 5.92 Å². The number of allylic oxidation sites excluding steroid dienone is 8. The number of aromatic nitrogens is 3. The molecule has 3 heterocycles. The molecule has 0 saturated heterocycles. The standard InChI is InChI=1S/C44H29N3O2/c1-3-11-27(12-4-1)37-26-38-35-22-20-31(25-40(35)49-41(38)36-18-10-9-17-34(36)37)44-46-42(28-13-5-2-6-14-28)45-43(47-44)30-19-21-33-29-15-7-8-16-32(23-29)48-39(33)24-30/h1-18,20,22-26,29H,19,21H2. The van der Waals surface area contributed by atoms with Crippen molar-refractivity contribution in [1.29, 1.82) is 0 Å². The minimum atomic E-state index is 0.247. The number of benzene rings is 5. The van der Waals surface area contributed by atoms with Gasteiger partial charge in [-0.15, -0.1) is 0 Å². The Hall–Kier alpha value is -6.33. The Balaban J connectivity index is 1.12. The molecule has 5 heteroatoms. The van der Waals surface area contributed by atoms with Crippen LogP contribution >= 0.6 is 0 Å². The molecule has 0 spiro atoms. The van der Waals surface area contributed by atoms with Crippen molar-refractivity contribution >= 4 is 38.3 Å². The second-order valence-electron chi connectivity index (χ2n) is 12.7. The van der Waals surface area contributed by atoms with E-state index in [9.17, 15) is 0 Å². The smallest absolute Gasteiger partial charge is 0.164 e. The Morgan fingerprint density at radius 3 is 2.16 bits per heavy atom. The van der Waals surface area contributed by atoms with E-state index in [2.05, 4.69) is 103 Å². The van der Waals surface area contributed by atoms with Crippen LogP contribution in [-0.2, 0) is 4.74 Å². The fraction of sp³-hybridized carbons (Fsp3) is 0.0682. The van der Waals surface area contributed by atoms with Gasteiger partial charge in [0.1, 0.15) is 22.7 Å². The number of hydrogen-bond donors (Lipinski definition) is 0. The van der Waals surface area contributed by atoms with Crippen LogP contribution in [0.3, 0.4) is 0 Å². The minimum Gasteiger partial charge on any atom is -0.458 e. The van der Waals surface area contributed by atoms with Crippen molar-refractivity contribution in [3.63, 3.8) is 0 Å². The van der Waals surface area contributed by atoms with Crippen LogP contribution in [-0.4, -0.2) is 15.0 Å². The first kappa shape index (κ1) is 27.8. The molecule has 2 bridgehead atoms. The Morgan fingerprint density at radius 1 is 0.592 bits per heavy atom. The van der Waals surface area contributed by atoms with Gasteiger partial charge in [0, 0.05) is 38.8 Å². The summed E-state index contributed by atoms with van der Waals surface area (Å²) in [6.45, 7) is 0. The number of furan rings is 1. The van der Waals surface area contributed by atoms with Crippen LogP contribution in [0.2, 0.25) is 0 Å². The molecule has 2 aliphatic carbocycles. The molecular formula is C44H29N3O2. The van der Waals surface area contributed by atoms with Crippen LogP contribution in [0.5, 0.6) is 0 Å². The highest BCUT2D eigenvalue weighted by Crippen LogP contribution is 2.42. The van der Waals surface area contributed by atoms with E-state index in [0.717, 1.165) is 68.4 Å². The maximum Gasteiger partial charge on any atom is 0.164 e. The van der Waals surface area contributed by atoms with Gasteiger partial charge >= 0.3 is 0 Å². The highest BCUT2D eigenvalue weighted by atomic mass is 16.5. The van der Waals surface area contributed by atoms with Crippen molar-refractivity contribution in [2.24, 2.45) is 5.92 Å². The van der Waals surface area contributed by atoms with E-state index in [4.69, 9.17) is 24.1 Å². The van der Waals surface area contributed by atoms with Gasteiger partial charge in [0.25, 0.3) is 0 Å². The largest absolute Gasteiger partial charge is 0.458 e. The topological polar surface area (TPSA) is 61.0 Å². The van der Waals surface area contributed by atoms with E-state index in [1.807, 2.05) is 42.5 Å². The molecule has 0 radical (unpaired) electrons.